The number of nitrogens with one attached hydrogen (secondary N) is 4. The fourth-order valence-electron chi connectivity index (χ4n) is 3.64. The summed E-state index contributed by atoms with van der Waals surface area (Å²) in [5.41, 5.74) is 0.841. The first kappa shape index (κ1) is 26.3. The average molecular weight is 463 g/mol. The number of benzene rings is 1. The maximum absolute atomic E-state index is 13.2. The van der Waals surface area contributed by atoms with Gasteiger partial charge in [-0.3, -0.25) is 14.4 Å². The number of aliphatic hydroxyl groups excluding tert-OH is 1. The normalized spacial score (nSPS) is 19.1. The number of carbonyl (C=O) groups excluding carboxylic acids is 3. The molecule has 0 radical (unpaired) electrons. The summed E-state index contributed by atoms with van der Waals surface area (Å²) < 4.78 is 0. The zero-order chi connectivity index (χ0) is 24.4. The van der Waals surface area contributed by atoms with Gasteiger partial charge in [0.2, 0.25) is 17.7 Å². The number of aliphatic carboxylic acids is 1. The lowest BCUT2D eigenvalue weighted by molar-refractivity contribution is -0.143. The third kappa shape index (κ3) is 7.83. The number of carboxylic acids is 1. The van der Waals surface area contributed by atoms with Gasteiger partial charge in [-0.1, -0.05) is 50.6 Å². The molecule has 182 valence electrons. The standard InChI is InChI=1S/C23H34N4O6/c1-3-14(2)19(22(31)26-18(13-28)23(32)33)27-21(30)17(12-15-8-5-4-6-9-15)25-20(29)16-10-7-11-24-16/h4-6,8-9,14,16-19,24,28H,3,7,10-13H2,1-2H3,(H,25,29)(H,26,31)(H,27,30)(H,32,33). The van der Waals surface area contributed by atoms with Crippen molar-refractivity contribution in [3.8, 4) is 0 Å². The highest BCUT2D eigenvalue weighted by Crippen LogP contribution is 2.11. The number of amides is 3. The van der Waals surface area contributed by atoms with Gasteiger partial charge in [0.25, 0.3) is 0 Å². The van der Waals surface area contributed by atoms with E-state index in [1.807, 2.05) is 37.3 Å². The molecule has 33 heavy (non-hydrogen) atoms. The number of hydrogen-bond acceptors (Lipinski definition) is 6. The number of hydrogen-bond donors (Lipinski definition) is 6. The molecule has 0 aliphatic carbocycles. The molecular formula is C23H34N4O6. The van der Waals surface area contributed by atoms with Crippen molar-refractivity contribution >= 4 is 23.7 Å². The Morgan fingerprint density at radius 1 is 1.06 bits per heavy atom. The number of aliphatic hydroxyl groups is 1. The van der Waals surface area contributed by atoms with Crippen molar-refractivity contribution in [2.24, 2.45) is 5.92 Å². The van der Waals surface area contributed by atoms with Crippen LogP contribution in [0, 0.1) is 5.92 Å². The molecule has 5 unspecified atom stereocenters. The summed E-state index contributed by atoms with van der Waals surface area (Å²) in [4.78, 5) is 49.9. The molecule has 0 saturated carbocycles. The zero-order valence-electron chi connectivity index (χ0n) is 19.0. The lowest BCUT2D eigenvalue weighted by atomic mass is 9.96. The first-order chi connectivity index (χ1) is 15.8. The summed E-state index contributed by atoms with van der Waals surface area (Å²) in [5, 5.41) is 29.2. The van der Waals surface area contributed by atoms with Gasteiger partial charge in [-0.05, 0) is 30.9 Å². The van der Waals surface area contributed by atoms with Gasteiger partial charge in [0, 0.05) is 6.42 Å². The fourth-order valence-corrected chi connectivity index (χ4v) is 3.64. The lowest BCUT2D eigenvalue weighted by Crippen LogP contribution is -2.59. The SMILES string of the molecule is CCC(C)C(NC(=O)C(Cc1ccccc1)NC(=O)C1CCCN1)C(=O)NC(CO)C(=O)O. The van der Waals surface area contributed by atoms with Crippen LogP contribution in [0.15, 0.2) is 30.3 Å². The van der Waals surface area contributed by atoms with Crippen LogP contribution in [-0.4, -0.2) is 71.2 Å². The van der Waals surface area contributed by atoms with Gasteiger partial charge in [-0.25, -0.2) is 4.79 Å². The van der Waals surface area contributed by atoms with E-state index in [-0.39, 0.29) is 24.3 Å². The van der Waals surface area contributed by atoms with E-state index in [0.29, 0.717) is 12.8 Å². The van der Waals surface area contributed by atoms with E-state index in [0.717, 1.165) is 18.5 Å². The first-order valence-electron chi connectivity index (χ1n) is 11.3. The van der Waals surface area contributed by atoms with Gasteiger partial charge < -0.3 is 31.5 Å². The molecule has 1 aromatic rings. The van der Waals surface area contributed by atoms with Gasteiger partial charge >= 0.3 is 5.97 Å². The van der Waals surface area contributed by atoms with E-state index in [9.17, 15) is 24.3 Å². The second-order valence-corrected chi connectivity index (χ2v) is 8.35. The summed E-state index contributed by atoms with van der Waals surface area (Å²) in [6.45, 7) is 3.56. The molecule has 5 atom stereocenters. The Morgan fingerprint density at radius 2 is 1.76 bits per heavy atom. The van der Waals surface area contributed by atoms with Gasteiger partial charge in [-0.2, -0.15) is 0 Å². The topological polar surface area (TPSA) is 157 Å². The molecule has 10 nitrogen and oxygen atoms in total. The van der Waals surface area contributed by atoms with E-state index < -0.39 is 42.5 Å². The summed E-state index contributed by atoms with van der Waals surface area (Å²) in [6.07, 6.45) is 2.33. The predicted octanol–water partition coefficient (Wildman–Crippen LogP) is -0.441. The molecule has 1 aliphatic rings. The van der Waals surface area contributed by atoms with Gasteiger partial charge in [-0.15, -0.1) is 0 Å². The molecule has 1 aromatic carbocycles. The van der Waals surface area contributed by atoms with Gasteiger partial charge in [0.05, 0.1) is 12.6 Å². The van der Waals surface area contributed by atoms with E-state index in [4.69, 9.17) is 5.11 Å². The lowest BCUT2D eigenvalue weighted by Gasteiger charge is -2.28. The van der Waals surface area contributed by atoms with Crippen LogP contribution in [0.4, 0.5) is 0 Å². The van der Waals surface area contributed by atoms with Crippen LogP contribution in [0.1, 0.15) is 38.7 Å². The molecule has 6 N–H and O–H groups in total. The Balaban J connectivity index is 2.18. The summed E-state index contributed by atoms with van der Waals surface area (Å²) >= 11 is 0. The number of carbonyl (C=O) groups is 4. The Hall–Kier alpha value is -2.98. The van der Waals surface area contributed by atoms with Crippen molar-refractivity contribution in [3.63, 3.8) is 0 Å². The minimum absolute atomic E-state index is 0.231. The quantitative estimate of drug-likeness (QED) is 0.246. The van der Waals surface area contributed by atoms with Crippen LogP contribution in [0.2, 0.25) is 0 Å². The van der Waals surface area contributed by atoms with Gasteiger partial charge in [0.1, 0.15) is 18.1 Å². The smallest absolute Gasteiger partial charge is 0.328 e. The van der Waals surface area contributed by atoms with Crippen molar-refractivity contribution in [1.82, 2.24) is 21.3 Å². The minimum atomic E-state index is -1.48. The van der Waals surface area contributed by atoms with E-state index >= 15 is 0 Å². The van der Waals surface area contributed by atoms with Crippen LogP contribution in [0.25, 0.3) is 0 Å². The monoisotopic (exact) mass is 462 g/mol. The molecule has 0 bridgehead atoms. The Bertz CT molecular complexity index is 812. The second kappa shape index (κ2) is 12.9. The maximum Gasteiger partial charge on any atom is 0.328 e. The van der Waals surface area contributed by atoms with Crippen LogP contribution in [0.3, 0.4) is 0 Å². The van der Waals surface area contributed by atoms with Crippen LogP contribution < -0.4 is 21.3 Å². The molecule has 1 heterocycles. The van der Waals surface area contributed by atoms with E-state index in [1.165, 1.54) is 0 Å². The number of rotatable bonds is 12. The van der Waals surface area contributed by atoms with E-state index in [1.54, 1.807) is 6.92 Å². The second-order valence-electron chi connectivity index (χ2n) is 8.35. The predicted molar refractivity (Wildman–Crippen MR) is 121 cm³/mol. The fraction of sp³-hybridized carbons (Fsp3) is 0.565. The largest absolute Gasteiger partial charge is 0.480 e. The summed E-state index contributed by atoms with van der Waals surface area (Å²) in [6, 6.07) is 5.41. The van der Waals surface area contributed by atoms with Crippen LogP contribution in [0.5, 0.6) is 0 Å². The Kier molecular flexibility index (Phi) is 10.3. The highest BCUT2D eigenvalue weighted by Gasteiger charge is 2.33. The molecule has 2 rings (SSSR count). The van der Waals surface area contributed by atoms with Crippen molar-refractivity contribution < 1.29 is 29.4 Å². The van der Waals surface area contributed by atoms with Gasteiger partial charge in [0.15, 0.2) is 0 Å². The molecule has 1 aliphatic heterocycles. The molecule has 0 spiro atoms. The van der Waals surface area contributed by atoms with Crippen molar-refractivity contribution in [3.05, 3.63) is 35.9 Å². The molecule has 0 aromatic heterocycles. The third-order valence-electron chi connectivity index (χ3n) is 5.88. The zero-order valence-corrected chi connectivity index (χ0v) is 19.0. The summed E-state index contributed by atoms with van der Waals surface area (Å²) in [7, 11) is 0. The average Bonchev–Trinajstić information content (AvgIpc) is 3.35. The van der Waals surface area contributed by atoms with Crippen LogP contribution in [-0.2, 0) is 25.6 Å². The first-order valence-corrected chi connectivity index (χ1v) is 11.3. The van der Waals surface area contributed by atoms with Crippen molar-refractivity contribution in [1.29, 1.82) is 0 Å². The highest BCUT2D eigenvalue weighted by molar-refractivity contribution is 5.94. The third-order valence-corrected chi connectivity index (χ3v) is 5.88. The van der Waals surface area contributed by atoms with Crippen molar-refractivity contribution in [2.75, 3.05) is 13.2 Å². The minimum Gasteiger partial charge on any atom is -0.480 e. The Labute approximate surface area is 193 Å². The molecule has 10 heteroatoms. The van der Waals surface area contributed by atoms with Crippen molar-refractivity contribution in [2.45, 2.75) is 63.7 Å². The Morgan fingerprint density at radius 3 is 2.30 bits per heavy atom. The highest BCUT2D eigenvalue weighted by atomic mass is 16.4. The number of carboxylic acid groups (broad SMARTS) is 1. The molecular weight excluding hydrogens is 428 g/mol. The van der Waals surface area contributed by atoms with E-state index in [2.05, 4.69) is 21.3 Å². The summed E-state index contributed by atoms with van der Waals surface area (Å²) in [5.74, 6) is -3.22. The molecule has 1 fully saturated rings. The van der Waals surface area contributed by atoms with Crippen LogP contribution >= 0.6 is 0 Å². The molecule has 1 saturated heterocycles. The maximum atomic E-state index is 13.2. The molecule has 3 amide bonds.